The van der Waals surface area contributed by atoms with Crippen molar-refractivity contribution in [2.24, 2.45) is 17.6 Å². The molecule has 18 heavy (non-hydrogen) atoms. The van der Waals surface area contributed by atoms with E-state index in [9.17, 15) is 0 Å². The van der Waals surface area contributed by atoms with Crippen LogP contribution in [0.15, 0.2) is 6.33 Å². The maximum Gasteiger partial charge on any atom is 0.138 e. The van der Waals surface area contributed by atoms with Gasteiger partial charge in [-0.2, -0.15) is 5.10 Å². The number of rotatable bonds is 4. The van der Waals surface area contributed by atoms with Crippen LogP contribution >= 0.6 is 0 Å². The highest BCUT2D eigenvalue weighted by Crippen LogP contribution is 2.31. The Morgan fingerprint density at radius 1 is 1.44 bits per heavy atom. The second kappa shape index (κ2) is 5.83. The average Bonchev–Trinajstić information content (AvgIpc) is 2.77. The third kappa shape index (κ3) is 3.10. The van der Waals surface area contributed by atoms with Crippen LogP contribution in [0.4, 0.5) is 0 Å². The van der Waals surface area contributed by atoms with Crippen LogP contribution in [0.3, 0.4) is 0 Å². The van der Waals surface area contributed by atoms with Crippen LogP contribution in [0.1, 0.15) is 58.3 Å². The van der Waals surface area contributed by atoms with Crippen LogP contribution in [-0.4, -0.2) is 20.8 Å². The zero-order valence-corrected chi connectivity index (χ0v) is 11.8. The molecule has 2 rings (SSSR count). The lowest BCUT2D eigenvalue weighted by atomic mass is 9.78. The maximum absolute atomic E-state index is 6.39. The van der Waals surface area contributed by atoms with Gasteiger partial charge in [-0.1, -0.05) is 19.8 Å². The molecule has 1 aliphatic carbocycles. The molecule has 0 amide bonds. The Hall–Kier alpha value is -0.900. The van der Waals surface area contributed by atoms with Gasteiger partial charge in [0.1, 0.15) is 12.2 Å². The maximum atomic E-state index is 6.39. The Bertz CT molecular complexity index is 372. The van der Waals surface area contributed by atoms with E-state index in [2.05, 4.69) is 30.9 Å². The first-order valence-corrected chi connectivity index (χ1v) is 7.22. The summed E-state index contributed by atoms with van der Waals surface area (Å²) in [6.45, 7) is 6.61. The molecule has 1 heterocycles. The summed E-state index contributed by atoms with van der Waals surface area (Å²) in [6, 6.07) is 0.592. The van der Waals surface area contributed by atoms with Crippen molar-refractivity contribution in [2.75, 3.05) is 0 Å². The molecule has 4 heteroatoms. The van der Waals surface area contributed by atoms with Gasteiger partial charge in [-0.05, 0) is 38.5 Å². The largest absolute Gasteiger partial charge is 0.327 e. The molecule has 4 nitrogen and oxygen atoms in total. The molecule has 102 valence electrons. The number of aromatic nitrogens is 3. The normalized spacial score (nSPS) is 26.5. The topological polar surface area (TPSA) is 56.7 Å². The van der Waals surface area contributed by atoms with Gasteiger partial charge in [-0.25, -0.2) is 9.67 Å². The van der Waals surface area contributed by atoms with Crippen molar-refractivity contribution < 1.29 is 0 Å². The number of nitrogens with two attached hydrogens (primary N) is 1. The van der Waals surface area contributed by atoms with Crippen LogP contribution in [-0.2, 0) is 6.42 Å². The Kier molecular flexibility index (Phi) is 4.38. The van der Waals surface area contributed by atoms with Crippen molar-refractivity contribution in [3.05, 3.63) is 12.2 Å². The highest BCUT2D eigenvalue weighted by atomic mass is 15.3. The molecule has 0 spiro atoms. The van der Waals surface area contributed by atoms with Gasteiger partial charge in [0.15, 0.2) is 0 Å². The quantitative estimate of drug-likeness (QED) is 0.893. The summed E-state index contributed by atoms with van der Waals surface area (Å²) >= 11 is 0. The summed E-state index contributed by atoms with van der Waals surface area (Å²) in [5, 5.41) is 4.28. The molecule has 0 aliphatic heterocycles. The third-order valence-corrected chi connectivity index (χ3v) is 4.14. The fourth-order valence-corrected chi connectivity index (χ4v) is 3.10. The first-order valence-electron chi connectivity index (χ1n) is 7.22. The van der Waals surface area contributed by atoms with Gasteiger partial charge in [0.2, 0.25) is 0 Å². The van der Waals surface area contributed by atoms with E-state index in [1.54, 1.807) is 6.33 Å². The fourth-order valence-electron chi connectivity index (χ4n) is 3.10. The van der Waals surface area contributed by atoms with Crippen molar-refractivity contribution in [3.8, 4) is 0 Å². The van der Waals surface area contributed by atoms with E-state index < -0.39 is 0 Å². The van der Waals surface area contributed by atoms with Crippen LogP contribution in [0.5, 0.6) is 0 Å². The van der Waals surface area contributed by atoms with Crippen molar-refractivity contribution in [1.82, 2.24) is 14.8 Å². The highest BCUT2D eigenvalue weighted by Gasteiger charge is 2.25. The van der Waals surface area contributed by atoms with E-state index in [-0.39, 0.29) is 6.04 Å². The Balaban J connectivity index is 1.97. The van der Waals surface area contributed by atoms with E-state index in [1.165, 1.54) is 25.7 Å². The van der Waals surface area contributed by atoms with Crippen molar-refractivity contribution in [1.29, 1.82) is 0 Å². The standard InChI is InChI=1S/C14H26N4/c1-10(2)18-14(16-9-17-18)8-13(15)12-6-4-5-11(3)7-12/h9-13H,4-8,15H2,1-3H3. The van der Waals surface area contributed by atoms with Gasteiger partial charge in [0.25, 0.3) is 0 Å². The molecule has 1 aliphatic rings. The van der Waals surface area contributed by atoms with Crippen LogP contribution in [0.25, 0.3) is 0 Å². The van der Waals surface area contributed by atoms with E-state index in [0.29, 0.717) is 12.0 Å². The Labute approximate surface area is 110 Å². The molecule has 0 bridgehead atoms. The van der Waals surface area contributed by atoms with Crippen LogP contribution < -0.4 is 5.73 Å². The predicted molar refractivity (Wildman–Crippen MR) is 73.2 cm³/mol. The Morgan fingerprint density at radius 3 is 2.89 bits per heavy atom. The third-order valence-electron chi connectivity index (χ3n) is 4.14. The lowest BCUT2D eigenvalue weighted by molar-refractivity contribution is 0.242. The summed E-state index contributed by atoms with van der Waals surface area (Å²) < 4.78 is 1.99. The van der Waals surface area contributed by atoms with Crippen molar-refractivity contribution in [3.63, 3.8) is 0 Å². The fraction of sp³-hybridized carbons (Fsp3) is 0.857. The van der Waals surface area contributed by atoms with Crippen LogP contribution in [0, 0.1) is 11.8 Å². The summed E-state index contributed by atoms with van der Waals surface area (Å²) in [7, 11) is 0. The predicted octanol–water partition coefficient (Wildman–Crippen LogP) is 2.56. The zero-order valence-electron chi connectivity index (χ0n) is 11.8. The molecule has 0 radical (unpaired) electrons. The first kappa shape index (κ1) is 13.5. The van der Waals surface area contributed by atoms with Crippen molar-refractivity contribution in [2.45, 2.75) is 65.0 Å². The monoisotopic (exact) mass is 250 g/mol. The summed E-state index contributed by atoms with van der Waals surface area (Å²) in [5.41, 5.74) is 6.39. The lowest BCUT2D eigenvalue weighted by Gasteiger charge is -2.31. The Morgan fingerprint density at radius 2 is 2.22 bits per heavy atom. The average molecular weight is 250 g/mol. The molecule has 1 saturated carbocycles. The van der Waals surface area contributed by atoms with Gasteiger partial charge in [-0.15, -0.1) is 0 Å². The summed E-state index contributed by atoms with van der Waals surface area (Å²) in [5.74, 6) is 2.53. The lowest BCUT2D eigenvalue weighted by Crippen LogP contribution is -2.36. The zero-order chi connectivity index (χ0) is 13.1. The molecule has 0 aromatic carbocycles. The number of hydrogen-bond donors (Lipinski definition) is 1. The van der Waals surface area contributed by atoms with E-state index in [4.69, 9.17) is 5.73 Å². The minimum absolute atomic E-state index is 0.231. The van der Waals surface area contributed by atoms with Gasteiger partial charge in [0, 0.05) is 18.5 Å². The van der Waals surface area contributed by atoms with Gasteiger partial charge in [-0.3, -0.25) is 0 Å². The minimum atomic E-state index is 0.231. The smallest absolute Gasteiger partial charge is 0.138 e. The number of nitrogens with zero attached hydrogens (tertiary/aromatic N) is 3. The van der Waals surface area contributed by atoms with E-state index in [1.807, 2.05) is 4.68 Å². The molecular formula is C14H26N4. The highest BCUT2D eigenvalue weighted by molar-refractivity contribution is 4.93. The van der Waals surface area contributed by atoms with E-state index >= 15 is 0 Å². The number of hydrogen-bond acceptors (Lipinski definition) is 3. The molecule has 3 unspecified atom stereocenters. The molecule has 0 saturated heterocycles. The minimum Gasteiger partial charge on any atom is -0.327 e. The van der Waals surface area contributed by atoms with E-state index in [0.717, 1.165) is 18.2 Å². The second-order valence-electron chi connectivity index (χ2n) is 6.11. The SMILES string of the molecule is CC1CCCC(C(N)Cc2ncnn2C(C)C)C1. The molecule has 3 atom stereocenters. The summed E-state index contributed by atoms with van der Waals surface area (Å²) in [4.78, 5) is 4.36. The molecule has 1 aromatic rings. The van der Waals surface area contributed by atoms with Gasteiger partial charge in [0.05, 0.1) is 0 Å². The van der Waals surface area contributed by atoms with Gasteiger partial charge >= 0.3 is 0 Å². The summed E-state index contributed by atoms with van der Waals surface area (Å²) in [6.07, 6.45) is 7.75. The molecular weight excluding hydrogens is 224 g/mol. The molecule has 2 N–H and O–H groups in total. The molecule has 1 aromatic heterocycles. The van der Waals surface area contributed by atoms with Gasteiger partial charge < -0.3 is 5.73 Å². The first-order chi connectivity index (χ1) is 8.58. The van der Waals surface area contributed by atoms with Crippen molar-refractivity contribution >= 4 is 0 Å². The molecule has 1 fully saturated rings. The second-order valence-corrected chi connectivity index (χ2v) is 6.11. The van der Waals surface area contributed by atoms with Crippen LogP contribution in [0.2, 0.25) is 0 Å².